The predicted molar refractivity (Wildman–Crippen MR) is 42.2 cm³/mol. The van der Waals surface area contributed by atoms with Crippen molar-refractivity contribution in [2.45, 2.75) is 19.8 Å². The lowest BCUT2D eigenvalue weighted by atomic mass is 10.1. The Kier molecular flexibility index (Phi) is 1.43. The number of carbonyl (C=O) groups excluding carboxylic acids is 1. The highest BCUT2D eigenvalue weighted by atomic mass is 16.6. The summed E-state index contributed by atoms with van der Waals surface area (Å²) < 4.78 is 10.2. The molecule has 1 atom stereocenters. The normalized spacial score (nSPS) is 19.5. The van der Waals surface area contributed by atoms with Crippen molar-refractivity contribution in [1.82, 2.24) is 0 Å². The Labute approximate surface area is 74.7 Å². The molecule has 4 heteroatoms. The van der Waals surface area contributed by atoms with Gasteiger partial charge in [-0.1, -0.05) is 0 Å². The van der Waals surface area contributed by atoms with Crippen molar-refractivity contribution in [1.29, 1.82) is 5.26 Å². The SMILES string of the molecule is Cc1oc2c(c1C)OC(=O)C2C#N. The van der Waals surface area contributed by atoms with Crippen LogP contribution < -0.4 is 4.74 Å². The van der Waals surface area contributed by atoms with Crippen LogP contribution in [-0.4, -0.2) is 5.97 Å². The molecule has 0 aliphatic carbocycles. The van der Waals surface area contributed by atoms with E-state index in [0.717, 1.165) is 5.56 Å². The Hall–Kier alpha value is -1.76. The number of hydrogen-bond donors (Lipinski definition) is 0. The Morgan fingerprint density at radius 2 is 2.15 bits per heavy atom. The molecule has 1 aliphatic rings. The first-order valence-corrected chi connectivity index (χ1v) is 3.86. The third-order valence-corrected chi connectivity index (χ3v) is 2.19. The lowest BCUT2D eigenvalue weighted by Gasteiger charge is -1.94. The molecule has 2 heterocycles. The summed E-state index contributed by atoms with van der Waals surface area (Å²) in [6, 6.07) is 1.84. The fraction of sp³-hybridized carbons (Fsp3) is 0.333. The molecule has 66 valence electrons. The zero-order chi connectivity index (χ0) is 9.59. The zero-order valence-electron chi connectivity index (χ0n) is 7.25. The van der Waals surface area contributed by atoms with Gasteiger partial charge < -0.3 is 9.15 Å². The van der Waals surface area contributed by atoms with E-state index in [2.05, 4.69) is 0 Å². The number of ether oxygens (including phenoxy) is 1. The molecule has 1 aromatic heterocycles. The second kappa shape index (κ2) is 2.36. The standard InChI is InChI=1S/C9H7NO3/c1-4-5(2)12-8-6(3-10)9(11)13-7(4)8/h6H,1-2H3. The van der Waals surface area contributed by atoms with E-state index in [4.69, 9.17) is 14.4 Å². The van der Waals surface area contributed by atoms with E-state index in [-0.39, 0.29) is 0 Å². The summed E-state index contributed by atoms with van der Waals surface area (Å²) in [5.41, 5.74) is 0.793. The van der Waals surface area contributed by atoms with Gasteiger partial charge in [-0.3, -0.25) is 0 Å². The summed E-state index contributed by atoms with van der Waals surface area (Å²) in [6.07, 6.45) is 0. The molecule has 0 saturated heterocycles. The van der Waals surface area contributed by atoms with Gasteiger partial charge in [-0.15, -0.1) is 0 Å². The van der Waals surface area contributed by atoms with Crippen LogP contribution >= 0.6 is 0 Å². The topological polar surface area (TPSA) is 63.2 Å². The number of rotatable bonds is 0. The predicted octanol–water partition coefficient (Wildman–Crippen LogP) is 1.42. The van der Waals surface area contributed by atoms with Crippen LogP contribution in [0.1, 0.15) is 23.0 Å². The number of fused-ring (bicyclic) bond motifs is 1. The van der Waals surface area contributed by atoms with Gasteiger partial charge in [0.15, 0.2) is 11.5 Å². The summed E-state index contributed by atoms with van der Waals surface area (Å²) >= 11 is 0. The lowest BCUT2D eigenvalue weighted by Crippen LogP contribution is -2.08. The summed E-state index contributed by atoms with van der Waals surface area (Å²) in [4.78, 5) is 11.1. The highest BCUT2D eigenvalue weighted by Gasteiger charge is 2.39. The minimum absolute atomic E-state index is 0.350. The van der Waals surface area contributed by atoms with Crippen molar-refractivity contribution in [2.75, 3.05) is 0 Å². The van der Waals surface area contributed by atoms with Crippen molar-refractivity contribution < 1.29 is 13.9 Å². The summed E-state index contributed by atoms with van der Waals surface area (Å²) in [5.74, 6) is 0.0380. The largest absolute Gasteiger partial charge is 0.460 e. The van der Waals surface area contributed by atoms with Gasteiger partial charge in [-0.05, 0) is 13.8 Å². The fourth-order valence-corrected chi connectivity index (χ4v) is 1.33. The molecule has 0 N–H and O–H groups in total. The van der Waals surface area contributed by atoms with Crippen LogP contribution in [0.3, 0.4) is 0 Å². The molecule has 4 nitrogen and oxygen atoms in total. The van der Waals surface area contributed by atoms with Crippen LogP contribution in [0.15, 0.2) is 4.42 Å². The summed E-state index contributed by atoms with van der Waals surface area (Å²) in [6.45, 7) is 3.57. The molecule has 0 bridgehead atoms. The molecule has 2 rings (SSSR count). The molecule has 0 radical (unpaired) electrons. The van der Waals surface area contributed by atoms with Gasteiger partial charge in [0.2, 0.25) is 5.92 Å². The molecule has 1 unspecified atom stereocenters. The van der Waals surface area contributed by atoms with E-state index >= 15 is 0 Å². The van der Waals surface area contributed by atoms with Crippen LogP contribution in [0.2, 0.25) is 0 Å². The first kappa shape index (κ1) is 7.87. The van der Waals surface area contributed by atoms with Crippen LogP contribution in [0.25, 0.3) is 0 Å². The minimum Gasteiger partial charge on any atom is -0.460 e. The highest BCUT2D eigenvalue weighted by molar-refractivity contribution is 5.88. The molecule has 0 amide bonds. The lowest BCUT2D eigenvalue weighted by molar-refractivity contribution is -0.133. The van der Waals surface area contributed by atoms with Gasteiger partial charge in [-0.25, -0.2) is 4.79 Å². The van der Waals surface area contributed by atoms with Crippen molar-refractivity contribution >= 4 is 5.97 Å². The van der Waals surface area contributed by atoms with Gasteiger partial charge in [0, 0.05) is 5.56 Å². The average molecular weight is 177 g/mol. The first-order valence-electron chi connectivity index (χ1n) is 3.86. The van der Waals surface area contributed by atoms with Gasteiger partial charge >= 0.3 is 5.97 Å². The molecule has 0 saturated carbocycles. The molecule has 1 aliphatic heterocycles. The molecule has 1 aromatic rings. The first-order chi connectivity index (χ1) is 6.15. The van der Waals surface area contributed by atoms with Crippen LogP contribution in [0.5, 0.6) is 5.75 Å². The zero-order valence-corrected chi connectivity index (χ0v) is 7.25. The Morgan fingerprint density at radius 3 is 2.77 bits per heavy atom. The second-order valence-electron chi connectivity index (χ2n) is 2.96. The molecule has 0 aromatic carbocycles. The number of hydrogen-bond acceptors (Lipinski definition) is 4. The van der Waals surface area contributed by atoms with E-state index in [1.165, 1.54) is 0 Å². The average Bonchev–Trinajstić information content (AvgIpc) is 2.52. The number of esters is 1. The summed E-state index contributed by atoms with van der Waals surface area (Å²) in [7, 11) is 0. The van der Waals surface area contributed by atoms with Gasteiger partial charge in [0.05, 0.1) is 6.07 Å². The van der Waals surface area contributed by atoms with Crippen molar-refractivity contribution in [3.8, 4) is 11.8 Å². The number of nitriles is 1. The van der Waals surface area contributed by atoms with E-state index in [1.54, 1.807) is 13.8 Å². The molecule has 13 heavy (non-hydrogen) atoms. The van der Waals surface area contributed by atoms with E-state index in [9.17, 15) is 4.79 Å². The number of nitrogens with zero attached hydrogens (tertiary/aromatic N) is 1. The van der Waals surface area contributed by atoms with Crippen molar-refractivity contribution in [3.05, 3.63) is 17.1 Å². The van der Waals surface area contributed by atoms with Crippen LogP contribution in [0.4, 0.5) is 0 Å². The van der Waals surface area contributed by atoms with Gasteiger partial charge in [0.25, 0.3) is 0 Å². The molecular formula is C9H7NO3. The Morgan fingerprint density at radius 1 is 1.46 bits per heavy atom. The molecule has 0 spiro atoms. The third-order valence-electron chi connectivity index (χ3n) is 2.19. The van der Waals surface area contributed by atoms with Crippen LogP contribution in [0, 0.1) is 25.2 Å². The maximum absolute atomic E-state index is 11.1. The van der Waals surface area contributed by atoms with Gasteiger partial charge in [0.1, 0.15) is 5.76 Å². The summed E-state index contributed by atoms with van der Waals surface area (Å²) in [5, 5.41) is 8.67. The van der Waals surface area contributed by atoms with Crippen molar-refractivity contribution in [2.24, 2.45) is 0 Å². The van der Waals surface area contributed by atoms with E-state index in [0.29, 0.717) is 17.3 Å². The fourth-order valence-electron chi connectivity index (χ4n) is 1.33. The number of carbonyl (C=O) groups is 1. The van der Waals surface area contributed by atoms with E-state index in [1.807, 2.05) is 6.07 Å². The van der Waals surface area contributed by atoms with E-state index < -0.39 is 11.9 Å². The maximum atomic E-state index is 11.1. The quantitative estimate of drug-likeness (QED) is 0.562. The Bertz CT molecular complexity index is 425. The molecular weight excluding hydrogens is 170 g/mol. The second-order valence-corrected chi connectivity index (χ2v) is 2.96. The maximum Gasteiger partial charge on any atom is 0.336 e. The number of aryl methyl sites for hydroxylation is 1. The number of furan rings is 1. The minimum atomic E-state index is -0.887. The van der Waals surface area contributed by atoms with Crippen molar-refractivity contribution in [3.63, 3.8) is 0 Å². The highest BCUT2D eigenvalue weighted by Crippen LogP contribution is 2.40. The van der Waals surface area contributed by atoms with Crippen LogP contribution in [-0.2, 0) is 4.79 Å². The monoisotopic (exact) mass is 177 g/mol. The third kappa shape index (κ3) is 0.872. The Balaban J connectivity index is 2.60. The smallest absolute Gasteiger partial charge is 0.336 e. The van der Waals surface area contributed by atoms with Gasteiger partial charge in [-0.2, -0.15) is 5.26 Å². The molecule has 0 fully saturated rings.